The van der Waals surface area contributed by atoms with E-state index in [9.17, 15) is 9.59 Å². The number of aromatic nitrogens is 2. The highest BCUT2D eigenvalue weighted by Gasteiger charge is 2.35. The Morgan fingerprint density at radius 1 is 1.21 bits per heavy atom. The van der Waals surface area contributed by atoms with Gasteiger partial charge in [-0.05, 0) is 29.8 Å². The van der Waals surface area contributed by atoms with Gasteiger partial charge in [-0.1, -0.05) is 35.9 Å². The molecule has 2 heterocycles. The molecule has 1 aliphatic rings. The molecule has 1 aromatic heterocycles. The monoisotopic (exact) mass is 397 g/mol. The van der Waals surface area contributed by atoms with Crippen LogP contribution >= 0.6 is 11.6 Å². The van der Waals surface area contributed by atoms with E-state index in [0.717, 1.165) is 5.56 Å². The van der Waals surface area contributed by atoms with E-state index >= 15 is 0 Å². The standard InChI is InChI=1S/C20H20ClN5O2/c1-26(11-17-23-16-5-3-2-4-14(16)19(27)24-17)20(28)15-10-22-25-18(15)12-6-8-13(21)9-7-12/h2-9,15,18,22,25H,10-11H2,1H3,(H,23,24,27). The molecule has 3 aromatic rings. The van der Waals surface area contributed by atoms with E-state index in [1.165, 1.54) is 0 Å². The summed E-state index contributed by atoms with van der Waals surface area (Å²) >= 11 is 5.97. The lowest BCUT2D eigenvalue weighted by Gasteiger charge is -2.24. The lowest BCUT2D eigenvalue weighted by atomic mass is 9.94. The van der Waals surface area contributed by atoms with Crippen molar-refractivity contribution in [3.8, 4) is 0 Å². The van der Waals surface area contributed by atoms with Gasteiger partial charge in [0.25, 0.3) is 5.56 Å². The van der Waals surface area contributed by atoms with Gasteiger partial charge in [-0.25, -0.2) is 10.4 Å². The summed E-state index contributed by atoms with van der Waals surface area (Å²) in [5.74, 6) is 0.146. The number of rotatable bonds is 4. The predicted octanol–water partition coefficient (Wildman–Crippen LogP) is 2.00. The Kier molecular flexibility index (Phi) is 5.13. The first-order valence-electron chi connectivity index (χ1n) is 8.99. The number of halogens is 1. The van der Waals surface area contributed by atoms with Crippen molar-refractivity contribution < 1.29 is 4.79 Å². The maximum absolute atomic E-state index is 13.0. The van der Waals surface area contributed by atoms with Gasteiger partial charge >= 0.3 is 0 Å². The van der Waals surface area contributed by atoms with E-state index in [4.69, 9.17) is 11.6 Å². The van der Waals surface area contributed by atoms with Gasteiger partial charge in [-0.2, -0.15) is 0 Å². The lowest BCUT2D eigenvalue weighted by molar-refractivity contribution is -0.134. The first kappa shape index (κ1) is 18.6. The number of carbonyl (C=O) groups is 1. The summed E-state index contributed by atoms with van der Waals surface area (Å²) < 4.78 is 0. The Morgan fingerprint density at radius 2 is 1.96 bits per heavy atom. The lowest BCUT2D eigenvalue weighted by Crippen LogP contribution is -2.37. The van der Waals surface area contributed by atoms with Crippen LogP contribution in [0.25, 0.3) is 10.9 Å². The fraction of sp³-hybridized carbons (Fsp3) is 0.250. The molecule has 1 aliphatic heterocycles. The van der Waals surface area contributed by atoms with Crippen LogP contribution in [0.1, 0.15) is 17.4 Å². The number of nitrogens with zero attached hydrogens (tertiary/aromatic N) is 2. The van der Waals surface area contributed by atoms with Gasteiger partial charge in [0.2, 0.25) is 5.91 Å². The van der Waals surface area contributed by atoms with Crippen LogP contribution in [0.5, 0.6) is 0 Å². The number of hydrazine groups is 1. The molecule has 0 bridgehead atoms. The number of hydrogen-bond acceptors (Lipinski definition) is 5. The number of nitrogens with one attached hydrogen (secondary N) is 3. The number of benzene rings is 2. The number of hydrogen-bond donors (Lipinski definition) is 3. The van der Waals surface area contributed by atoms with E-state index in [1.807, 2.05) is 30.3 Å². The van der Waals surface area contributed by atoms with Crippen LogP contribution in [0, 0.1) is 5.92 Å². The molecule has 1 fully saturated rings. The van der Waals surface area contributed by atoms with Gasteiger partial charge in [0.05, 0.1) is 29.4 Å². The summed E-state index contributed by atoms with van der Waals surface area (Å²) in [6, 6.07) is 14.4. The van der Waals surface area contributed by atoms with Gasteiger partial charge in [0.1, 0.15) is 5.82 Å². The maximum Gasteiger partial charge on any atom is 0.258 e. The van der Waals surface area contributed by atoms with Crippen LogP contribution in [0.15, 0.2) is 53.3 Å². The van der Waals surface area contributed by atoms with Gasteiger partial charge in [-0.3, -0.25) is 15.0 Å². The maximum atomic E-state index is 13.0. The van der Waals surface area contributed by atoms with Crippen molar-refractivity contribution in [2.45, 2.75) is 12.6 Å². The minimum Gasteiger partial charge on any atom is -0.338 e. The Bertz CT molecular complexity index is 1070. The molecule has 8 heteroatoms. The van der Waals surface area contributed by atoms with E-state index < -0.39 is 0 Å². The zero-order chi connectivity index (χ0) is 19.7. The van der Waals surface area contributed by atoms with Crippen molar-refractivity contribution in [1.29, 1.82) is 0 Å². The van der Waals surface area contributed by atoms with Crippen LogP contribution in [0.3, 0.4) is 0 Å². The fourth-order valence-electron chi connectivity index (χ4n) is 3.51. The Balaban J connectivity index is 1.53. The Labute approximate surface area is 166 Å². The van der Waals surface area contributed by atoms with Gasteiger partial charge in [-0.15, -0.1) is 0 Å². The van der Waals surface area contributed by atoms with E-state index in [2.05, 4.69) is 20.8 Å². The number of aromatic amines is 1. The molecule has 28 heavy (non-hydrogen) atoms. The fourth-order valence-corrected chi connectivity index (χ4v) is 3.63. The molecule has 0 radical (unpaired) electrons. The minimum absolute atomic E-state index is 0.0340. The minimum atomic E-state index is -0.279. The molecule has 0 aliphatic carbocycles. The third-order valence-corrected chi connectivity index (χ3v) is 5.21. The molecular formula is C20H20ClN5O2. The van der Waals surface area contributed by atoms with Crippen molar-refractivity contribution in [2.75, 3.05) is 13.6 Å². The van der Waals surface area contributed by atoms with Gasteiger partial charge in [0.15, 0.2) is 0 Å². The van der Waals surface area contributed by atoms with Crippen molar-refractivity contribution in [2.24, 2.45) is 5.92 Å². The van der Waals surface area contributed by atoms with E-state index in [0.29, 0.717) is 28.3 Å². The average Bonchev–Trinajstić information content (AvgIpc) is 3.17. The molecule has 1 amide bonds. The highest BCUT2D eigenvalue weighted by atomic mass is 35.5. The second kappa shape index (κ2) is 7.71. The third-order valence-electron chi connectivity index (χ3n) is 4.95. The second-order valence-electron chi connectivity index (χ2n) is 6.89. The average molecular weight is 398 g/mol. The predicted molar refractivity (Wildman–Crippen MR) is 108 cm³/mol. The summed E-state index contributed by atoms with van der Waals surface area (Å²) in [4.78, 5) is 34.1. The summed E-state index contributed by atoms with van der Waals surface area (Å²) in [6.07, 6.45) is 0. The molecule has 2 aromatic carbocycles. The molecular weight excluding hydrogens is 378 g/mol. The van der Waals surface area contributed by atoms with Crippen molar-refractivity contribution in [3.05, 3.63) is 75.3 Å². The molecule has 1 saturated heterocycles. The zero-order valence-electron chi connectivity index (χ0n) is 15.3. The van der Waals surface area contributed by atoms with Crippen LogP contribution in [-0.2, 0) is 11.3 Å². The summed E-state index contributed by atoms with van der Waals surface area (Å²) in [5.41, 5.74) is 7.62. The summed E-state index contributed by atoms with van der Waals surface area (Å²) in [6.45, 7) is 0.737. The first-order valence-corrected chi connectivity index (χ1v) is 9.37. The summed E-state index contributed by atoms with van der Waals surface area (Å²) in [7, 11) is 1.72. The molecule has 0 saturated carbocycles. The van der Waals surface area contributed by atoms with Crippen molar-refractivity contribution in [3.63, 3.8) is 0 Å². The van der Waals surface area contributed by atoms with Crippen LogP contribution in [0.2, 0.25) is 5.02 Å². The smallest absolute Gasteiger partial charge is 0.258 e. The first-order chi connectivity index (χ1) is 13.5. The molecule has 144 valence electrons. The highest BCUT2D eigenvalue weighted by molar-refractivity contribution is 6.30. The molecule has 7 nitrogen and oxygen atoms in total. The Morgan fingerprint density at radius 3 is 2.75 bits per heavy atom. The third kappa shape index (κ3) is 3.64. The molecule has 2 atom stereocenters. The second-order valence-corrected chi connectivity index (χ2v) is 7.32. The van der Waals surface area contributed by atoms with Crippen molar-refractivity contribution >= 4 is 28.4 Å². The zero-order valence-corrected chi connectivity index (χ0v) is 16.0. The van der Waals surface area contributed by atoms with Gasteiger partial charge in [0, 0.05) is 18.6 Å². The van der Waals surface area contributed by atoms with Crippen molar-refractivity contribution in [1.82, 2.24) is 25.7 Å². The van der Waals surface area contributed by atoms with Crippen LogP contribution in [-0.4, -0.2) is 34.4 Å². The van der Waals surface area contributed by atoms with Gasteiger partial charge < -0.3 is 9.88 Å². The van der Waals surface area contributed by atoms with Crippen LogP contribution in [0.4, 0.5) is 0 Å². The molecule has 2 unspecified atom stereocenters. The Hall–Kier alpha value is -2.74. The topological polar surface area (TPSA) is 90.1 Å². The molecule has 3 N–H and O–H groups in total. The summed E-state index contributed by atoms with van der Waals surface area (Å²) in [5, 5.41) is 1.19. The molecule has 0 spiro atoms. The van der Waals surface area contributed by atoms with E-state index in [-0.39, 0.29) is 30.0 Å². The van der Waals surface area contributed by atoms with Crippen LogP contribution < -0.4 is 16.4 Å². The number of H-pyrrole nitrogens is 1. The largest absolute Gasteiger partial charge is 0.338 e. The normalized spacial score (nSPS) is 19.1. The number of carbonyl (C=O) groups excluding carboxylic acids is 1. The number of fused-ring (bicyclic) bond motifs is 1. The van der Waals surface area contributed by atoms with E-state index in [1.54, 1.807) is 30.1 Å². The SMILES string of the molecule is CN(Cc1nc2ccccc2c(=O)[nH]1)C(=O)C1CNNC1c1ccc(Cl)cc1. The highest BCUT2D eigenvalue weighted by Crippen LogP contribution is 2.27. The quantitative estimate of drug-likeness (QED) is 0.626. The number of amides is 1. The molecule has 4 rings (SSSR count). The number of para-hydroxylation sites is 1.